The van der Waals surface area contributed by atoms with Crippen LogP contribution in [0, 0.1) is 0 Å². The van der Waals surface area contributed by atoms with E-state index in [1.807, 2.05) is 0 Å². The maximum atomic E-state index is 11.2. The van der Waals surface area contributed by atoms with Gasteiger partial charge in [-0.1, -0.05) is 30.9 Å². The quantitative estimate of drug-likeness (QED) is 0.735. The number of ether oxygens (including phenoxy) is 1. The fourth-order valence-corrected chi connectivity index (χ4v) is 3.85. The second-order valence-electron chi connectivity index (χ2n) is 7.48. The van der Waals surface area contributed by atoms with Gasteiger partial charge in [-0.25, -0.2) is 9.97 Å². The first kappa shape index (κ1) is 19.0. The fourth-order valence-electron chi connectivity index (χ4n) is 3.51. The Morgan fingerprint density at radius 2 is 1.92 bits per heavy atom. The van der Waals surface area contributed by atoms with Gasteiger partial charge in [0.05, 0.1) is 0 Å². The van der Waals surface area contributed by atoms with Crippen LogP contribution in [0.4, 0.5) is 5.82 Å². The van der Waals surface area contributed by atoms with Crippen molar-refractivity contribution < 1.29 is 9.53 Å². The Kier molecular flexibility index (Phi) is 6.07. The van der Waals surface area contributed by atoms with Crippen LogP contribution < -0.4 is 4.90 Å². The molecule has 2 rings (SSSR count). The summed E-state index contributed by atoms with van der Waals surface area (Å²) >= 11 is 6.65. The number of anilines is 1. The molecule has 0 aromatic carbocycles. The highest BCUT2D eigenvalue weighted by atomic mass is 35.5. The average molecular weight is 354 g/mol. The summed E-state index contributed by atoms with van der Waals surface area (Å²) in [5.74, 6) is 0.388. The van der Waals surface area contributed by atoms with Gasteiger partial charge >= 0.3 is 5.97 Å². The van der Waals surface area contributed by atoms with Crippen molar-refractivity contribution in [3.8, 4) is 0 Å². The van der Waals surface area contributed by atoms with Crippen LogP contribution in [0.2, 0.25) is 5.02 Å². The molecule has 1 unspecified atom stereocenters. The second kappa shape index (κ2) is 7.68. The molecule has 1 aromatic rings. The number of carbonyl (C=O) groups is 1. The lowest BCUT2D eigenvalue weighted by atomic mass is 9.90. The first-order chi connectivity index (χ1) is 11.2. The van der Waals surface area contributed by atoms with Crippen molar-refractivity contribution in [2.75, 3.05) is 4.90 Å². The molecule has 1 aliphatic rings. The minimum Gasteiger partial charge on any atom is -0.456 e. The zero-order valence-corrected chi connectivity index (χ0v) is 16.1. The molecule has 1 aliphatic carbocycles. The van der Waals surface area contributed by atoms with Crippen molar-refractivity contribution >= 4 is 23.4 Å². The molecule has 1 atom stereocenters. The molecule has 1 aromatic heterocycles. The molecule has 0 bridgehead atoms. The Hall–Kier alpha value is -1.36. The summed E-state index contributed by atoms with van der Waals surface area (Å²) < 4.78 is 5.25. The molecule has 0 amide bonds. The van der Waals surface area contributed by atoms with Crippen LogP contribution in [0.3, 0.4) is 0 Å². The number of halogens is 1. The first-order valence-corrected chi connectivity index (χ1v) is 9.06. The van der Waals surface area contributed by atoms with Crippen LogP contribution in [-0.2, 0) is 9.53 Å². The lowest BCUT2D eigenvalue weighted by Crippen LogP contribution is -2.50. The smallest absolute Gasteiger partial charge is 0.303 e. The van der Waals surface area contributed by atoms with E-state index in [0.29, 0.717) is 16.8 Å². The Bertz CT molecular complexity index is 580. The first-order valence-electron chi connectivity index (χ1n) is 8.68. The Morgan fingerprint density at radius 3 is 2.46 bits per heavy atom. The molecular formula is C18H28ClN3O2. The number of aromatic nitrogens is 2. The van der Waals surface area contributed by atoms with Crippen LogP contribution in [0.1, 0.15) is 78.5 Å². The third-order valence-corrected chi connectivity index (χ3v) is 4.78. The van der Waals surface area contributed by atoms with Crippen LogP contribution in [0.25, 0.3) is 0 Å². The summed E-state index contributed by atoms with van der Waals surface area (Å²) in [5, 5.41) is 0.478. The monoisotopic (exact) mass is 353 g/mol. The molecule has 1 heterocycles. The average Bonchev–Trinajstić information content (AvgIpc) is 2.48. The van der Waals surface area contributed by atoms with Gasteiger partial charge in [0.1, 0.15) is 23.1 Å². The highest BCUT2D eigenvalue weighted by molar-refractivity contribution is 6.33. The summed E-state index contributed by atoms with van der Waals surface area (Å²) in [6, 6.07) is 0.419. The molecule has 1 saturated carbocycles. The van der Waals surface area contributed by atoms with Crippen molar-refractivity contribution in [1.29, 1.82) is 0 Å². The normalized spacial score (nSPS) is 17.4. The highest BCUT2D eigenvalue weighted by Crippen LogP contribution is 2.38. The summed E-state index contributed by atoms with van der Waals surface area (Å²) in [4.78, 5) is 22.3. The number of hydrogen-bond donors (Lipinski definition) is 0. The van der Waals surface area contributed by atoms with Crippen LogP contribution in [0.5, 0.6) is 0 Å². The van der Waals surface area contributed by atoms with Crippen LogP contribution in [-0.4, -0.2) is 27.5 Å². The standard InChI is InChI=1S/C18H28ClN3O2/c1-12(24-13(2)23)16-15(19)17(21-11-20-16)22(18(3,4)5)14-9-7-6-8-10-14/h11-12,14H,6-10H2,1-5H3. The summed E-state index contributed by atoms with van der Waals surface area (Å²) in [5.41, 5.74) is 0.448. The molecule has 0 radical (unpaired) electrons. The predicted octanol–water partition coefficient (Wildman–Crippen LogP) is 4.69. The van der Waals surface area contributed by atoms with E-state index in [4.69, 9.17) is 16.3 Å². The summed E-state index contributed by atoms with van der Waals surface area (Å²) in [6.45, 7) is 9.69. The van der Waals surface area contributed by atoms with Gasteiger partial charge in [0, 0.05) is 18.5 Å². The molecule has 0 N–H and O–H groups in total. The zero-order valence-electron chi connectivity index (χ0n) is 15.3. The van der Waals surface area contributed by atoms with E-state index in [9.17, 15) is 4.79 Å². The highest BCUT2D eigenvalue weighted by Gasteiger charge is 2.33. The van der Waals surface area contributed by atoms with Gasteiger partial charge in [0.25, 0.3) is 0 Å². The van der Waals surface area contributed by atoms with E-state index in [-0.39, 0.29) is 11.5 Å². The topological polar surface area (TPSA) is 55.3 Å². The van der Waals surface area contributed by atoms with Gasteiger partial charge in [-0.2, -0.15) is 0 Å². The number of hydrogen-bond acceptors (Lipinski definition) is 5. The lowest BCUT2D eigenvalue weighted by molar-refractivity contribution is -0.145. The van der Waals surface area contributed by atoms with E-state index >= 15 is 0 Å². The summed E-state index contributed by atoms with van der Waals surface area (Å²) in [6.07, 6.45) is 7.07. The van der Waals surface area contributed by atoms with Crippen molar-refractivity contribution in [2.45, 2.75) is 84.4 Å². The zero-order chi connectivity index (χ0) is 17.9. The minimum absolute atomic E-state index is 0.109. The van der Waals surface area contributed by atoms with Crippen LogP contribution >= 0.6 is 11.6 Å². The van der Waals surface area contributed by atoms with Crippen molar-refractivity contribution in [3.05, 3.63) is 17.0 Å². The fraction of sp³-hybridized carbons (Fsp3) is 0.722. The molecular weight excluding hydrogens is 326 g/mol. The minimum atomic E-state index is -0.495. The van der Waals surface area contributed by atoms with Gasteiger partial charge in [0.15, 0.2) is 5.82 Å². The van der Waals surface area contributed by atoms with E-state index < -0.39 is 6.10 Å². The largest absolute Gasteiger partial charge is 0.456 e. The van der Waals surface area contributed by atoms with Crippen LogP contribution in [0.15, 0.2) is 6.33 Å². The lowest BCUT2D eigenvalue weighted by Gasteiger charge is -2.44. The number of carbonyl (C=O) groups excluding carboxylic acids is 1. The molecule has 0 spiro atoms. The Morgan fingerprint density at radius 1 is 1.29 bits per heavy atom. The van der Waals surface area contributed by atoms with Gasteiger partial charge in [0.2, 0.25) is 0 Å². The SMILES string of the molecule is CC(=O)OC(C)c1ncnc(N(C2CCCCC2)C(C)(C)C)c1Cl. The molecule has 5 nitrogen and oxygen atoms in total. The van der Waals surface area contributed by atoms with Gasteiger partial charge in [-0.05, 0) is 40.5 Å². The predicted molar refractivity (Wildman–Crippen MR) is 96.3 cm³/mol. The molecule has 0 aliphatic heterocycles. The van der Waals surface area contributed by atoms with Crippen molar-refractivity contribution in [1.82, 2.24) is 9.97 Å². The van der Waals surface area contributed by atoms with Crippen molar-refractivity contribution in [2.24, 2.45) is 0 Å². The maximum Gasteiger partial charge on any atom is 0.303 e. The Labute approximate surface area is 149 Å². The molecule has 134 valence electrons. The van der Waals surface area contributed by atoms with E-state index in [0.717, 1.165) is 18.7 Å². The maximum absolute atomic E-state index is 11.2. The van der Waals surface area contributed by atoms with E-state index in [2.05, 4.69) is 35.6 Å². The number of esters is 1. The molecule has 1 fully saturated rings. The third kappa shape index (κ3) is 4.38. The molecule has 0 saturated heterocycles. The summed E-state index contributed by atoms with van der Waals surface area (Å²) in [7, 11) is 0. The third-order valence-electron chi connectivity index (χ3n) is 4.42. The molecule has 6 heteroatoms. The molecule has 24 heavy (non-hydrogen) atoms. The van der Waals surface area contributed by atoms with Crippen molar-refractivity contribution in [3.63, 3.8) is 0 Å². The Balaban J connectivity index is 2.41. The number of nitrogens with zero attached hydrogens (tertiary/aromatic N) is 3. The van der Waals surface area contributed by atoms with Gasteiger partial charge in [-0.15, -0.1) is 0 Å². The second-order valence-corrected chi connectivity index (χ2v) is 7.86. The van der Waals surface area contributed by atoms with Gasteiger partial charge in [-0.3, -0.25) is 4.79 Å². The van der Waals surface area contributed by atoms with E-state index in [1.54, 1.807) is 6.92 Å². The van der Waals surface area contributed by atoms with Gasteiger partial charge < -0.3 is 9.64 Å². The number of rotatable bonds is 4. The van der Waals surface area contributed by atoms with E-state index in [1.165, 1.54) is 32.5 Å².